The average Bonchev–Trinajstić information content (AvgIpc) is 3.02. The zero-order valence-electron chi connectivity index (χ0n) is 10.9. The third-order valence-corrected chi connectivity index (χ3v) is 5.36. The first kappa shape index (κ1) is 12.0. The zero-order valence-corrected chi connectivity index (χ0v) is 10.9. The van der Waals surface area contributed by atoms with Gasteiger partial charge < -0.3 is 10.0 Å². The van der Waals surface area contributed by atoms with E-state index in [9.17, 15) is 14.7 Å². The molecule has 2 aliphatic carbocycles. The molecule has 4 unspecified atom stereocenters. The highest BCUT2D eigenvalue weighted by Gasteiger charge is 2.48. The van der Waals surface area contributed by atoms with Gasteiger partial charge in [0.2, 0.25) is 5.91 Å². The fourth-order valence-corrected chi connectivity index (χ4v) is 4.11. The van der Waals surface area contributed by atoms with Crippen molar-refractivity contribution in [3.63, 3.8) is 0 Å². The molecule has 1 N–H and O–H groups in total. The van der Waals surface area contributed by atoms with Gasteiger partial charge in [-0.05, 0) is 44.4 Å². The number of nitrogens with zero attached hydrogens (tertiary/aromatic N) is 1. The van der Waals surface area contributed by atoms with Gasteiger partial charge in [0.15, 0.2) is 0 Å². The van der Waals surface area contributed by atoms with E-state index >= 15 is 0 Å². The molecule has 3 fully saturated rings. The second-order valence-electron chi connectivity index (χ2n) is 6.66. The van der Waals surface area contributed by atoms with E-state index in [2.05, 4.69) is 0 Å². The molecule has 0 radical (unpaired) electrons. The first-order chi connectivity index (χ1) is 8.49. The predicted molar refractivity (Wildman–Crippen MR) is 65.9 cm³/mol. The van der Waals surface area contributed by atoms with Gasteiger partial charge in [-0.1, -0.05) is 6.42 Å². The predicted octanol–water partition coefficient (Wildman–Crippen LogP) is 1.75. The number of rotatable bonds is 2. The second-order valence-corrected chi connectivity index (χ2v) is 6.66. The van der Waals surface area contributed by atoms with Crippen molar-refractivity contribution in [2.75, 3.05) is 13.1 Å². The smallest absolute Gasteiger partial charge is 0.311 e. The number of amides is 1. The van der Waals surface area contributed by atoms with Crippen LogP contribution < -0.4 is 0 Å². The Hall–Kier alpha value is -1.06. The minimum absolute atomic E-state index is 0.194. The molecule has 0 aromatic heterocycles. The number of carboxylic acids is 1. The molecule has 1 saturated heterocycles. The van der Waals surface area contributed by atoms with Crippen LogP contribution in [0.25, 0.3) is 0 Å². The minimum Gasteiger partial charge on any atom is -0.481 e. The van der Waals surface area contributed by atoms with Crippen LogP contribution >= 0.6 is 0 Å². The number of carbonyl (C=O) groups excluding carboxylic acids is 1. The molecule has 3 rings (SSSR count). The standard InChI is InChI=1S/C14H21NO3/c1-14(13(17)18)4-5-15(8-14)12(16)11-7-9-2-3-10(11)6-9/h9-11H,2-8H2,1H3,(H,17,18). The van der Waals surface area contributed by atoms with Gasteiger partial charge in [-0.15, -0.1) is 0 Å². The Kier molecular flexibility index (Phi) is 2.65. The molecule has 1 amide bonds. The van der Waals surface area contributed by atoms with Crippen LogP contribution in [-0.2, 0) is 9.59 Å². The first-order valence-electron chi connectivity index (χ1n) is 7.02. The maximum Gasteiger partial charge on any atom is 0.311 e. The monoisotopic (exact) mass is 251 g/mol. The fraction of sp³-hybridized carbons (Fsp3) is 0.857. The van der Waals surface area contributed by atoms with Crippen LogP contribution in [-0.4, -0.2) is 35.0 Å². The van der Waals surface area contributed by atoms with E-state index < -0.39 is 11.4 Å². The highest BCUT2D eigenvalue weighted by molar-refractivity contribution is 5.82. The Balaban J connectivity index is 1.66. The number of hydrogen-bond donors (Lipinski definition) is 1. The molecule has 4 atom stereocenters. The van der Waals surface area contributed by atoms with Crippen molar-refractivity contribution in [2.45, 2.75) is 39.0 Å². The maximum atomic E-state index is 12.5. The molecule has 4 heteroatoms. The Bertz CT molecular complexity index is 395. The number of carboxylic acid groups (broad SMARTS) is 1. The van der Waals surface area contributed by atoms with Crippen LogP contribution in [0.15, 0.2) is 0 Å². The molecular weight excluding hydrogens is 230 g/mol. The van der Waals surface area contributed by atoms with E-state index in [0.29, 0.717) is 25.4 Å². The van der Waals surface area contributed by atoms with Crippen molar-refractivity contribution in [2.24, 2.45) is 23.2 Å². The summed E-state index contributed by atoms with van der Waals surface area (Å²) in [7, 11) is 0. The van der Waals surface area contributed by atoms with Crippen LogP contribution in [0.5, 0.6) is 0 Å². The molecule has 1 heterocycles. The van der Waals surface area contributed by atoms with Gasteiger partial charge >= 0.3 is 5.97 Å². The lowest BCUT2D eigenvalue weighted by Gasteiger charge is -2.27. The van der Waals surface area contributed by atoms with Crippen LogP contribution in [0.4, 0.5) is 0 Å². The van der Waals surface area contributed by atoms with Crippen LogP contribution in [0.3, 0.4) is 0 Å². The molecule has 0 aromatic rings. The summed E-state index contributed by atoms with van der Waals surface area (Å²) >= 11 is 0. The second kappa shape index (κ2) is 3.97. The summed E-state index contributed by atoms with van der Waals surface area (Å²) in [6.45, 7) is 2.77. The maximum absolute atomic E-state index is 12.5. The molecule has 100 valence electrons. The number of hydrogen-bond acceptors (Lipinski definition) is 2. The molecule has 3 aliphatic rings. The molecule has 2 saturated carbocycles. The van der Waals surface area contributed by atoms with Gasteiger partial charge in [0.25, 0.3) is 0 Å². The van der Waals surface area contributed by atoms with E-state index in [0.717, 1.165) is 12.3 Å². The Morgan fingerprint density at radius 3 is 2.56 bits per heavy atom. The van der Waals surface area contributed by atoms with E-state index in [1.54, 1.807) is 11.8 Å². The third-order valence-electron chi connectivity index (χ3n) is 5.36. The van der Waals surface area contributed by atoms with Crippen molar-refractivity contribution in [3.05, 3.63) is 0 Å². The highest BCUT2D eigenvalue weighted by Crippen LogP contribution is 2.49. The molecule has 0 aromatic carbocycles. The average molecular weight is 251 g/mol. The summed E-state index contributed by atoms with van der Waals surface area (Å²) in [4.78, 5) is 25.5. The highest BCUT2D eigenvalue weighted by atomic mass is 16.4. The fourth-order valence-electron chi connectivity index (χ4n) is 4.11. The summed E-state index contributed by atoms with van der Waals surface area (Å²) in [6, 6.07) is 0. The molecule has 0 spiro atoms. The summed E-state index contributed by atoms with van der Waals surface area (Å²) in [6.07, 6.45) is 5.35. The van der Waals surface area contributed by atoms with Gasteiger partial charge in [-0.3, -0.25) is 9.59 Å². The van der Waals surface area contributed by atoms with Crippen molar-refractivity contribution >= 4 is 11.9 Å². The molecule has 4 nitrogen and oxygen atoms in total. The van der Waals surface area contributed by atoms with E-state index in [1.165, 1.54) is 19.3 Å². The number of aliphatic carboxylic acids is 1. The molecule has 1 aliphatic heterocycles. The molecule has 2 bridgehead atoms. The number of fused-ring (bicyclic) bond motifs is 2. The number of carbonyl (C=O) groups is 2. The largest absolute Gasteiger partial charge is 0.481 e. The Labute approximate surface area is 107 Å². The number of likely N-dealkylation sites (tertiary alicyclic amines) is 1. The SMILES string of the molecule is CC1(C(=O)O)CCN(C(=O)C2CC3CCC2C3)C1. The van der Waals surface area contributed by atoms with Crippen molar-refractivity contribution < 1.29 is 14.7 Å². The van der Waals surface area contributed by atoms with Gasteiger partial charge in [0.05, 0.1) is 5.41 Å². The molecular formula is C14H21NO3. The summed E-state index contributed by atoms with van der Waals surface area (Å²) in [5.41, 5.74) is -0.729. The normalized spacial score (nSPS) is 42.5. The quantitative estimate of drug-likeness (QED) is 0.813. The lowest BCUT2D eigenvalue weighted by atomic mass is 9.87. The third kappa shape index (κ3) is 1.73. The summed E-state index contributed by atoms with van der Waals surface area (Å²) in [5, 5.41) is 9.20. The molecule has 18 heavy (non-hydrogen) atoms. The lowest BCUT2D eigenvalue weighted by Crippen LogP contribution is -2.39. The van der Waals surface area contributed by atoms with Gasteiger partial charge in [0, 0.05) is 19.0 Å². The first-order valence-corrected chi connectivity index (χ1v) is 7.02. The lowest BCUT2D eigenvalue weighted by molar-refractivity contribution is -0.147. The van der Waals surface area contributed by atoms with Gasteiger partial charge in [-0.25, -0.2) is 0 Å². The van der Waals surface area contributed by atoms with Gasteiger partial charge in [0.1, 0.15) is 0 Å². The van der Waals surface area contributed by atoms with Gasteiger partial charge in [-0.2, -0.15) is 0 Å². The van der Waals surface area contributed by atoms with Crippen molar-refractivity contribution in [1.29, 1.82) is 0 Å². The summed E-state index contributed by atoms with van der Waals surface area (Å²) in [5.74, 6) is 0.995. The van der Waals surface area contributed by atoms with Crippen molar-refractivity contribution in [1.82, 2.24) is 4.90 Å². The van der Waals surface area contributed by atoms with E-state index in [-0.39, 0.29) is 11.8 Å². The van der Waals surface area contributed by atoms with Crippen molar-refractivity contribution in [3.8, 4) is 0 Å². The Morgan fingerprint density at radius 1 is 1.28 bits per heavy atom. The van der Waals surface area contributed by atoms with Crippen LogP contribution in [0, 0.1) is 23.2 Å². The topological polar surface area (TPSA) is 57.6 Å². The zero-order chi connectivity index (χ0) is 12.9. The van der Waals surface area contributed by atoms with Crippen LogP contribution in [0.1, 0.15) is 39.0 Å². The van der Waals surface area contributed by atoms with E-state index in [1.807, 2.05) is 0 Å². The summed E-state index contributed by atoms with van der Waals surface area (Å²) < 4.78 is 0. The van der Waals surface area contributed by atoms with E-state index in [4.69, 9.17) is 0 Å². The Morgan fingerprint density at radius 2 is 2.06 bits per heavy atom. The minimum atomic E-state index is -0.772. The van der Waals surface area contributed by atoms with Crippen LogP contribution in [0.2, 0.25) is 0 Å².